The van der Waals surface area contributed by atoms with Crippen molar-refractivity contribution < 1.29 is 4.79 Å². The minimum atomic E-state index is -0.192. The van der Waals surface area contributed by atoms with E-state index < -0.39 is 0 Å². The van der Waals surface area contributed by atoms with Crippen molar-refractivity contribution in [2.24, 2.45) is 0 Å². The molecule has 2 aliphatic rings. The van der Waals surface area contributed by atoms with Gasteiger partial charge in [0.2, 0.25) is 0 Å². The molecular formula is C27H34N6OS. The van der Waals surface area contributed by atoms with Crippen molar-refractivity contribution >= 4 is 39.7 Å². The summed E-state index contributed by atoms with van der Waals surface area (Å²) in [6.07, 6.45) is 5.68. The van der Waals surface area contributed by atoms with Crippen LogP contribution in [-0.2, 0) is 0 Å². The molecule has 184 valence electrons. The smallest absolute Gasteiger partial charge is 0.329 e. The summed E-state index contributed by atoms with van der Waals surface area (Å²) < 4.78 is 0. The first-order chi connectivity index (χ1) is 17.0. The number of rotatable bonds is 3. The summed E-state index contributed by atoms with van der Waals surface area (Å²) in [7, 11) is 0. The molecule has 35 heavy (non-hydrogen) atoms. The number of benzene rings is 1. The maximum absolute atomic E-state index is 13.5. The Balaban J connectivity index is 1.49. The molecule has 0 radical (unpaired) electrons. The molecule has 7 nitrogen and oxygen atoms in total. The second kappa shape index (κ2) is 10.2. The van der Waals surface area contributed by atoms with Gasteiger partial charge in [0, 0.05) is 41.8 Å². The fourth-order valence-corrected chi connectivity index (χ4v) is 5.68. The van der Waals surface area contributed by atoms with Crippen molar-refractivity contribution in [3.05, 3.63) is 47.0 Å². The zero-order valence-corrected chi connectivity index (χ0v) is 21.6. The first-order valence-electron chi connectivity index (χ1n) is 12.6. The number of carbonyl (C=O) groups excluding carboxylic acids is 1. The van der Waals surface area contributed by atoms with Crippen LogP contribution in [0.15, 0.2) is 36.4 Å². The summed E-state index contributed by atoms with van der Waals surface area (Å²) in [6, 6.07) is 12.6. The Labute approximate surface area is 211 Å². The fraction of sp³-hybridized carbons (Fsp3) is 0.444. The molecule has 2 amide bonds. The molecule has 2 aliphatic heterocycles. The molecule has 0 saturated carbocycles. The lowest BCUT2D eigenvalue weighted by molar-refractivity contribution is 0.254. The zero-order chi connectivity index (χ0) is 24.4. The number of fused-ring (bicyclic) bond motifs is 1. The molecule has 1 fully saturated rings. The highest BCUT2D eigenvalue weighted by atomic mass is 32.1. The quantitative estimate of drug-likeness (QED) is 0.442. The summed E-state index contributed by atoms with van der Waals surface area (Å²) in [5.41, 5.74) is 5.01. The number of piperidine rings is 1. The van der Waals surface area contributed by atoms with Crippen molar-refractivity contribution in [2.45, 2.75) is 58.9 Å². The van der Waals surface area contributed by atoms with Gasteiger partial charge in [0.05, 0.1) is 17.1 Å². The Hall–Kier alpha value is -3.13. The van der Waals surface area contributed by atoms with Crippen LogP contribution >= 0.6 is 11.3 Å². The summed E-state index contributed by atoms with van der Waals surface area (Å²) in [5.74, 6) is 0.667. The third kappa shape index (κ3) is 5.12. The number of amides is 2. The van der Waals surface area contributed by atoms with Gasteiger partial charge >= 0.3 is 6.03 Å². The minimum absolute atomic E-state index is 0.0143. The average molecular weight is 491 g/mol. The fourth-order valence-electron chi connectivity index (χ4n) is 4.88. The van der Waals surface area contributed by atoms with Crippen LogP contribution in [0.2, 0.25) is 0 Å². The van der Waals surface area contributed by atoms with E-state index in [2.05, 4.69) is 63.8 Å². The van der Waals surface area contributed by atoms with E-state index in [-0.39, 0.29) is 12.1 Å². The molecule has 1 saturated heterocycles. The number of nitrogens with one attached hydrogen (secondary N) is 2. The molecule has 0 unspecified atom stereocenters. The van der Waals surface area contributed by atoms with Crippen molar-refractivity contribution in [3.8, 4) is 11.3 Å². The van der Waals surface area contributed by atoms with E-state index in [1.807, 2.05) is 13.8 Å². The number of carbonyl (C=O) groups is 1. The molecule has 0 spiro atoms. The molecular weight excluding hydrogens is 456 g/mol. The summed E-state index contributed by atoms with van der Waals surface area (Å²) in [5, 5.41) is 7.13. The summed E-state index contributed by atoms with van der Waals surface area (Å²) >= 11 is 1.50. The van der Waals surface area contributed by atoms with Gasteiger partial charge < -0.3 is 10.2 Å². The zero-order valence-electron chi connectivity index (χ0n) is 20.8. The first-order valence-corrected chi connectivity index (χ1v) is 13.5. The average Bonchev–Trinajstić information content (AvgIpc) is 3.18. The van der Waals surface area contributed by atoms with Crippen LogP contribution in [0.4, 0.5) is 27.1 Å². The second-order valence-corrected chi connectivity index (χ2v) is 10.7. The third-order valence-electron chi connectivity index (χ3n) is 6.98. The maximum atomic E-state index is 13.5. The predicted molar refractivity (Wildman–Crippen MR) is 146 cm³/mol. The molecule has 2 aromatic heterocycles. The largest absolute Gasteiger partial charge is 0.382 e. The van der Waals surface area contributed by atoms with E-state index >= 15 is 0 Å². The van der Waals surface area contributed by atoms with E-state index in [1.54, 1.807) is 4.90 Å². The monoisotopic (exact) mass is 490 g/mol. The van der Waals surface area contributed by atoms with Crippen LogP contribution in [0.5, 0.6) is 0 Å². The van der Waals surface area contributed by atoms with Crippen molar-refractivity contribution in [1.29, 1.82) is 0 Å². The standard InChI is InChI=1S/C27H34N6OS/c1-18-9-8-14-28-24-13-12-23(21-10-7-11-22(17-21)32-15-5-4-6-16-32)30-25(24)33(18)27(34)31-26-29-19(2)20(3)35-26/h7,10-13,17-18,28H,4-6,8-9,14-16H2,1-3H3,(H,29,31,34)/t18-/m1/s1. The van der Waals surface area contributed by atoms with Gasteiger partial charge in [0.15, 0.2) is 10.9 Å². The van der Waals surface area contributed by atoms with Crippen molar-refractivity contribution in [2.75, 3.05) is 40.1 Å². The highest BCUT2D eigenvalue weighted by Crippen LogP contribution is 2.34. The van der Waals surface area contributed by atoms with Crippen LogP contribution in [0, 0.1) is 13.8 Å². The molecule has 0 bridgehead atoms. The molecule has 1 aromatic carbocycles. The number of urea groups is 1. The van der Waals surface area contributed by atoms with Crippen LogP contribution in [-0.4, -0.2) is 41.7 Å². The van der Waals surface area contributed by atoms with E-state index in [1.165, 1.54) is 36.3 Å². The van der Waals surface area contributed by atoms with Crippen LogP contribution in [0.25, 0.3) is 11.3 Å². The molecule has 2 N–H and O–H groups in total. The number of pyridine rings is 1. The number of anilines is 4. The van der Waals surface area contributed by atoms with E-state index in [0.29, 0.717) is 10.9 Å². The molecule has 0 aliphatic carbocycles. The number of hydrogen-bond acceptors (Lipinski definition) is 6. The third-order valence-corrected chi connectivity index (χ3v) is 7.97. The van der Waals surface area contributed by atoms with Gasteiger partial charge in [-0.1, -0.05) is 12.1 Å². The molecule has 5 rings (SSSR count). The Morgan fingerprint density at radius 3 is 2.69 bits per heavy atom. The van der Waals surface area contributed by atoms with Crippen LogP contribution in [0.3, 0.4) is 0 Å². The van der Waals surface area contributed by atoms with Gasteiger partial charge in [0.25, 0.3) is 0 Å². The number of hydrogen-bond donors (Lipinski definition) is 2. The lowest BCUT2D eigenvalue weighted by Crippen LogP contribution is -2.43. The van der Waals surface area contributed by atoms with E-state index in [0.717, 1.165) is 60.0 Å². The molecule has 8 heteroatoms. The van der Waals surface area contributed by atoms with Crippen LogP contribution in [0.1, 0.15) is 49.6 Å². The van der Waals surface area contributed by atoms with Gasteiger partial charge in [-0.2, -0.15) is 0 Å². The van der Waals surface area contributed by atoms with Gasteiger partial charge in [-0.3, -0.25) is 10.2 Å². The predicted octanol–water partition coefficient (Wildman–Crippen LogP) is 6.44. The second-order valence-electron chi connectivity index (χ2n) is 9.54. The highest BCUT2D eigenvalue weighted by Gasteiger charge is 2.28. The summed E-state index contributed by atoms with van der Waals surface area (Å²) in [6.45, 7) is 9.15. The lowest BCUT2D eigenvalue weighted by atomic mass is 10.1. The number of nitrogens with zero attached hydrogens (tertiary/aromatic N) is 4. The van der Waals surface area contributed by atoms with Crippen molar-refractivity contribution in [1.82, 2.24) is 9.97 Å². The van der Waals surface area contributed by atoms with E-state index in [4.69, 9.17) is 4.98 Å². The maximum Gasteiger partial charge on any atom is 0.329 e. The Kier molecular flexibility index (Phi) is 6.90. The first kappa shape index (κ1) is 23.6. The molecule has 3 aromatic rings. The van der Waals surface area contributed by atoms with Crippen LogP contribution < -0.4 is 20.4 Å². The van der Waals surface area contributed by atoms with Gasteiger partial charge in [-0.05, 0) is 77.1 Å². The number of aryl methyl sites for hydroxylation is 2. The minimum Gasteiger partial charge on any atom is -0.382 e. The topological polar surface area (TPSA) is 73.4 Å². The molecule has 1 atom stereocenters. The van der Waals surface area contributed by atoms with Gasteiger partial charge in [0.1, 0.15) is 0 Å². The summed E-state index contributed by atoms with van der Waals surface area (Å²) in [4.78, 5) is 28.5. The van der Waals surface area contributed by atoms with Gasteiger partial charge in [-0.15, -0.1) is 11.3 Å². The highest BCUT2D eigenvalue weighted by molar-refractivity contribution is 7.15. The Morgan fingerprint density at radius 2 is 1.91 bits per heavy atom. The Bertz CT molecular complexity index is 1180. The SMILES string of the molecule is Cc1nc(NC(=O)N2c3nc(-c4cccc(N5CCCCC5)c4)ccc3NCCC[C@H]2C)sc1C. The molecule has 4 heterocycles. The lowest BCUT2D eigenvalue weighted by Gasteiger charge is -2.32. The number of aromatic nitrogens is 2. The normalized spacial score (nSPS) is 18.3. The van der Waals surface area contributed by atoms with Crippen molar-refractivity contribution in [3.63, 3.8) is 0 Å². The van der Waals surface area contributed by atoms with Gasteiger partial charge in [-0.25, -0.2) is 14.8 Å². The Morgan fingerprint density at radius 1 is 1.09 bits per heavy atom. The van der Waals surface area contributed by atoms with E-state index in [9.17, 15) is 4.79 Å². The number of thiazole rings is 1.